The van der Waals surface area contributed by atoms with Crippen molar-refractivity contribution in [2.75, 3.05) is 0 Å². The van der Waals surface area contributed by atoms with Crippen LogP contribution >= 0.6 is 0 Å². The number of hydrogen-bond donors (Lipinski definition) is 1. The molecule has 1 N–H and O–H groups in total. The van der Waals surface area contributed by atoms with Crippen molar-refractivity contribution in [1.82, 2.24) is 5.01 Å². The molecule has 4 aromatic carbocycles. The molecule has 0 unspecified atom stereocenters. The highest BCUT2D eigenvalue weighted by Gasteiger charge is 2.34. The van der Waals surface area contributed by atoms with Gasteiger partial charge in [-0.25, -0.2) is 0 Å². The van der Waals surface area contributed by atoms with Gasteiger partial charge in [-0.15, -0.1) is 0 Å². The number of benzene rings is 4. The molecule has 1 aliphatic heterocycles. The number of phenols is 1. The maximum atomic E-state index is 13.0. The van der Waals surface area contributed by atoms with Gasteiger partial charge in [0, 0.05) is 17.0 Å². The van der Waals surface area contributed by atoms with Gasteiger partial charge in [0.25, 0.3) is 17.5 Å². The lowest BCUT2D eigenvalue weighted by Gasteiger charge is -2.23. The van der Waals surface area contributed by atoms with Crippen molar-refractivity contribution in [3.8, 4) is 5.75 Å². The first kappa shape index (κ1) is 18.4. The van der Waals surface area contributed by atoms with E-state index in [0.717, 1.165) is 5.39 Å². The van der Waals surface area contributed by atoms with Crippen LogP contribution in [0.15, 0.2) is 71.8 Å². The highest BCUT2D eigenvalue weighted by atomic mass is 16.6. The standard InChI is InChI=1S/C23H13N3O5/c27-20-11-8-13-4-1-2-5-14(13)18(20)12-24-25-22(28)16-7-3-6-15-19(26(30)31)10-9-17(21(15)16)23(25)29/h1-12,27H. The van der Waals surface area contributed by atoms with Crippen LogP contribution in [0.4, 0.5) is 5.69 Å². The number of phenolic OH excluding ortho intramolecular Hbond substituents is 1. The molecule has 0 fully saturated rings. The molecule has 150 valence electrons. The number of rotatable bonds is 3. The Morgan fingerprint density at radius 1 is 0.871 bits per heavy atom. The first-order chi connectivity index (χ1) is 15.0. The number of aromatic hydroxyl groups is 1. The summed E-state index contributed by atoms with van der Waals surface area (Å²) in [6, 6.07) is 17.7. The molecule has 1 heterocycles. The fraction of sp³-hybridized carbons (Fsp3) is 0. The van der Waals surface area contributed by atoms with E-state index in [-0.39, 0.29) is 33.3 Å². The van der Waals surface area contributed by atoms with Crippen LogP contribution in [0.5, 0.6) is 5.75 Å². The van der Waals surface area contributed by atoms with Gasteiger partial charge in [-0.3, -0.25) is 19.7 Å². The van der Waals surface area contributed by atoms with Crippen LogP contribution in [-0.2, 0) is 0 Å². The van der Waals surface area contributed by atoms with E-state index in [0.29, 0.717) is 16.0 Å². The molecular formula is C23H13N3O5. The maximum absolute atomic E-state index is 13.0. The van der Waals surface area contributed by atoms with Crippen LogP contribution in [0.3, 0.4) is 0 Å². The number of nitrogens with zero attached hydrogens (tertiary/aromatic N) is 3. The maximum Gasteiger partial charge on any atom is 0.282 e. The summed E-state index contributed by atoms with van der Waals surface area (Å²) in [6.07, 6.45) is 1.27. The SMILES string of the molecule is O=C1c2cccc3c([N+](=O)[O-])ccc(c23)C(=O)N1N=Cc1c(O)ccc2ccccc12. The van der Waals surface area contributed by atoms with Crippen molar-refractivity contribution >= 4 is 45.3 Å². The Balaban J connectivity index is 1.64. The molecule has 4 aromatic rings. The molecular weight excluding hydrogens is 398 g/mol. The number of carbonyl (C=O) groups excluding carboxylic acids is 2. The smallest absolute Gasteiger partial charge is 0.282 e. The van der Waals surface area contributed by atoms with E-state index in [4.69, 9.17) is 0 Å². The number of carbonyl (C=O) groups is 2. The van der Waals surface area contributed by atoms with Gasteiger partial charge in [0.05, 0.1) is 27.7 Å². The number of fused-ring (bicyclic) bond motifs is 1. The molecule has 0 saturated heterocycles. The summed E-state index contributed by atoms with van der Waals surface area (Å²) in [4.78, 5) is 36.8. The molecule has 0 atom stereocenters. The van der Waals surface area contributed by atoms with Crippen LogP contribution in [0.1, 0.15) is 26.3 Å². The van der Waals surface area contributed by atoms with Gasteiger partial charge < -0.3 is 5.11 Å². The Kier molecular flexibility index (Phi) is 4.01. The minimum Gasteiger partial charge on any atom is -0.507 e. The lowest BCUT2D eigenvalue weighted by atomic mass is 9.94. The largest absolute Gasteiger partial charge is 0.507 e. The summed E-state index contributed by atoms with van der Waals surface area (Å²) >= 11 is 0. The molecule has 0 aromatic heterocycles. The number of nitro groups is 1. The third kappa shape index (κ3) is 2.73. The van der Waals surface area contributed by atoms with Gasteiger partial charge in [-0.05, 0) is 35.0 Å². The Morgan fingerprint density at radius 3 is 2.35 bits per heavy atom. The van der Waals surface area contributed by atoms with Crippen molar-refractivity contribution in [3.63, 3.8) is 0 Å². The number of non-ortho nitro benzene ring substituents is 1. The highest BCUT2D eigenvalue weighted by Crippen LogP contribution is 2.35. The van der Waals surface area contributed by atoms with Crippen molar-refractivity contribution in [2.24, 2.45) is 5.10 Å². The van der Waals surface area contributed by atoms with Gasteiger partial charge in [-0.2, -0.15) is 10.1 Å². The van der Waals surface area contributed by atoms with E-state index >= 15 is 0 Å². The molecule has 1 aliphatic rings. The molecule has 8 heteroatoms. The third-order valence-corrected chi connectivity index (χ3v) is 5.31. The molecule has 0 aliphatic carbocycles. The summed E-state index contributed by atoms with van der Waals surface area (Å²) in [5, 5.41) is 28.5. The van der Waals surface area contributed by atoms with Crippen molar-refractivity contribution < 1.29 is 19.6 Å². The van der Waals surface area contributed by atoms with Gasteiger partial charge in [-0.1, -0.05) is 36.4 Å². The highest BCUT2D eigenvalue weighted by molar-refractivity contribution is 6.26. The van der Waals surface area contributed by atoms with Crippen molar-refractivity contribution in [1.29, 1.82) is 0 Å². The van der Waals surface area contributed by atoms with Crippen molar-refractivity contribution in [3.05, 3.63) is 93.5 Å². The molecule has 5 rings (SSSR count). The molecule has 0 radical (unpaired) electrons. The molecule has 0 spiro atoms. The number of nitro benzene ring substituents is 1. The Labute approximate surface area is 174 Å². The minimum absolute atomic E-state index is 0.0440. The number of hydrogen-bond acceptors (Lipinski definition) is 6. The first-order valence-corrected chi connectivity index (χ1v) is 9.31. The third-order valence-electron chi connectivity index (χ3n) is 5.31. The lowest BCUT2D eigenvalue weighted by Crippen LogP contribution is -2.36. The Morgan fingerprint density at radius 2 is 1.58 bits per heavy atom. The van der Waals surface area contributed by atoms with E-state index in [1.54, 1.807) is 18.2 Å². The molecule has 31 heavy (non-hydrogen) atoms. The van der Waals surface area contributed by atoms with E-state index < -0.39 is 16.7 Å². The van der Waals surface area contributed by atoms with Gasteiger partial charge in [0.1, 0.15) is 5.75 Å². The predicted octanol–water partition coefficient (Wildman–Crippen LogP) is 4.24. The first-order valence-electron chi connectivity index (χ1n) is 9.31. The zero-order chi connectivity index (χ0) is 21.7. The number of imide groups is 1. The average molecular weight is 411 g/mol. The van der Waals surface area contributed by atoms with Gasteiger partial charge >= 0.3 is 0 Å². The van der Waals surface area contributed by atoms with Gasteiger partial charge in [0.2, 0.25) is 0 Å². The van der Waals surface area contributed by atoms with E-state index in [2.05, 4.69) is 5.10 Å². The topological polar surface area (TPSA) is 113 Å². The molecule has 8 nitrogen and oxygen atoms in total. The molecule has 2 amide bonds. The summed E-state index contributed by atoms with van der Waals surface area (Å²) in [6.45, 7) is 0. The summed E-state index contributed by atoms with van der Waals surface area (Å²) < 4.78 is 0. The van der Waals surface area contributed by atoms with E-state index in [1.807, 2.05) is 12.1 Å². The second-order valence-electron chi connectivity index (χ2n) is 7.00. The summed E-state index contributed by atoms with van der Waals surface area (Å²) in [5.74, 6) is -1.43. The molecule has 0 saturated carbocycles. The monoisotopic (exact) mass is 411 g/mol. The van der Waals surface area contributed by atoms with Crippen LogP contribution in [0.25, 0.3) is 21.5 Å². The Hall–Kier alpha value is -4.59. The number of amides is 2. The number of hydrazone groups is 1. The van der Waals surface area contributed by atoms with Gasteiger partial charge in [0.15, 0.2) is 0 Å². The average Bonchev–Trinajstić information content (AvgIpc) is 2.78. The zero-order valence-corrected chi connectivity index (χ0v) is 15.9. The molecule has 0 bridgehead atoms. The fourth-order valence-corrected chi connectivity index (χ4v) is 3.87. The lowest BCUT2D eigenvalue weighted by molar-refractivity contribution is -0.383. The minimum atomic E-state index is -0.695. The fourth-order valence-electron chi connectivity index (χ4n) is 3.87. The second-order valence-corrected chi connectivity index (χ2v) is 7.00. The van der Waals surface area contributed by atoms with Crippen LogP contribution in [0, 0.1) is 10.1 Å². The zero-order valence-electron chi connectivity index (χ0n) is 15.9. The van der Waals surface area contributed by atoms with Crippen LogP contribution < -0.4 is 0 Å². The van der Waals surface area contributed by atoms with Crippen LogP contribution in [0.2, 0.25) is 0 Å². The summed E-state index contributed by atoms with van der Waals surface area (Å²) in [5.41, 5.74) is 0.482. The summed E-state index contributed by atoms with van der Waals surface area (Å²) in [7, 11) is 0. The second kappa shape index (κ2) is 6.74. The predicted molar refractivity (Wildman–Crippen MR) is 114 cm³/mol. The quantitative estimate of drug-likeness (QED) is 0.234. The Bertz CT molecular complexity index is 1450. The van der Waals surface area contributed by atoms with E-state index in [9.17, 15) is 24.8 Å². The van der Waals surface area contributed by atoms with Crippen LogP contribution in [-0.4, -0.2) is 33.1 Å². The van der Waals surface area contributed by atoms with E-state index in [1.165, 1.54) is 42.6 Å². The van der Waals surface area contributed by atoms with Crippen molar-refractivity contribution in [2.45, 2.75) is 0 Å². The normalized spacial score (nSPS) is 13.5.